The van der Waals surface area contributed by atoms with Crippen LogP contribution in [0, 0.1) is 0 Å². The van der Waals surface area contributed by atoms with Crippen molar-refractivity contribution < 1.29 is 14.3 Å². The predicted molar refractivity (Wildman–Crippen MR) is 41.2 cm³/mol. The van der Waals surface area contributed by atoms with E-state index in [1.54, 1.807) is 20.8 Å². The molecule has 0 radical (unpaired) electrons. The molecule has 0 aromatic heterocycles. The number of nitrogens with one attached hydrogen (secondary N) is 1. The minimum absolute atomic E-state index is 0.176. The summed E-state index contributed by atoms with van der Waals surface area (Å²) in [5, 5.41) is 2.41. The van der Waals surface area contributed by atoms with Crippen molar-refractivity contribution >= 4 is 6.09 Å². The van der Waals surface area contributed by atoms with E-state index in [2.05, 4.69) is 10.1 Å². The lowest BCUT2D eigenvalue weighted by molar-refractivity contribution is 0.0442. The number of methoxy groups -OCH3 is 1. The van der Waals surface area contributed by atoms with Crippen LogP contribution in [0.2, 0.25) is 0 Å². The first-order chi connectivity index (χ1) is 4.95. The maximum atomic E-state index is 10.8. The van der Waals surface area contributed by atoms with Gasteiger partial charge in [0.05, 0.1) is 0 Å². The topological polar surface area (TPSA) is 47.6 Å². The Hall–Kier alpha value is -0.770. The molecule has 0 spiro atoms. The molecule has 4 nitrogen and oxygen atoms in total. The Morgan fingerprint density at radius 2 is 2.00 bits per heavy atom. The largest absolute Gasteiger partial charge is 0.444 e. The lowest BCUT2D eigenvalue weighted by Gasteiger charge is -2.19. The van der Waals surface area contributed by atoms with Gasteiger partial charge in [0, 0.05) is 7.11 Å². The second-order valence-electron chi connectivity index (χ2n) is 3.11. The summed E-state index contributed by atoms with van der Waals surface area (Å²) < 4.78 is 9.52. The van der Waals surface area contributed by atoms with Gasteiger partial charge in [-0.05, 0) is 20.8 Å². The first kappa shape index (κ1) is 10.2. The molecule has 0 aliphatic heterocycles. The summed E-state index contributed by atoms with van der Waals surface area (Å²) in [6, 6.07) is 0. The summed E-state index contributed by atoms with van der Waals surface area (Å²) in [6.45, 7) is 5.59. The molecule has 0 bridgehead atoms. The molecular weight excluding hydrogens is 146 g/mol. The van der Waals surface area contributed by atoms with Crippen molar-refractivity contribution in [3.8, 4) is 0 Å². The molecule has 0 fully saturated rings. The van der Waals surface area contributed by atoms with Crippen molar-refractivity contribution in [1.29, 1.82) is 0 Å². The van der Waals surface area contributed by atoms with E-state index >= 15 is 0 Å². The summed E-state index contributed by atoms with van der Waals surface area (Å²) >= 11 is 0. The molecule has 0 aromatic rings. The Bertz CT molecular complexity index is 128. The zero-order valence-corrected chi connectivity index (χ0v) is 7.43. The fourth-order valence-corrected chi connectivity index (χ4v) is 0.445. The van der Waals surface area contributed by atoms with Crippen LogP contribution in [-0.4, -0.2) is 25.5 Å². The van der Waals surface area contributed by atoms with Gasteiger partial charge in [-0.25, -0.2) is 4.79 Å². The molecule has 11 heavy (non-hydrogen) atoms. The molecule has 0 rings (SSSR count). The number of carbonyl (C=O) groups excluding carboxylic acids is 1. The maximum absolute atomic E-state index is 10.8. The van der Waals surface area contributed by atoms with Crippen LogP contribution < -0.4 is 5.32 Å². The van der Waals surface area contributed by atoms with Crippen molar-refractivity contribution in [1.82, 2.24) is 5.32 Å². The van der Waals surface area contributed by atoms with Gasteiger partial charge in [0.2, 0.25) is 0 Å². The molecule has 0 aliphatic rings. The Morgan fingerprint density at radius 3 is 2.36 bits per heavy atom. The fourth-order valence-electron chi connectivity index (χ4n) is 0.445. The second kappa shape index (κ2) is 4.18. The molecule has 0 saturated heterocycles. The fraction of sp³-hybridized carbons (Fsp3) is 0.857. The van der Waals surface area contributed by atoms with Crippen LogP contribution in [0.15, 0.2) is 0 Å². The minimum Gasteiger partial charge on any atom is -0.444 e. The summed E-state index contributed by atoms with van der Waals surface area (Å²) in [5.41, 5.74) is -0.447. The zero-order valence-electron chi connectivity index (χ0n) is 7.43. The van der Waals surface area contributed by atoms with Crippen LogP contribution in [0.4, 0.5) is 4.79 Å². The molecular formula is C7H15NO3. The van der Waals surface area contributed by atoms with Crippen LogP contribution in [0.5, 0.6) is 0 Å². The van der Waals surface area contributed by atoms with Crippen molar-refractivity contribution in [2.24, 2.45) is 0 Å². The van der Waals surface area contributed by atoms with E-state index in [0.29, 0.717) is 0 Å². The van der Waals surface area contributed by atoms with E-state index in [4.69, 9.17) is 4.74 Å². The molecule has 0 aliphatic carbocycles. The van der Waals surface area contributed by atoms with Gasteiger partial charge in [-0.2, -0.15) is 0 Å². The van der Waals surface area contributed by atoms with Crippen molar-refractivity contribution in [3.63, 3.8) is 0 Å². The van der Waals surface area contributed by atoms with Gasteiger partial charge in [0.25, 0.3) is 0 Å². The van der Waals surface area contributed by atoms with Crippen LogP contribution >= 0.6 is 0 Å². The third kappa shape index (κ3) is 7.12. The van der Waals surface area contributed by atoms with Crippen LogP contribution in [-0.2, 0) is 9.47 Å². The number of hydrogen-bond acceptors (Lipinski definition) is 3. The SMILES string of the molecule is COCNC(=O)OC(C)(C)C. The summed E-state index contributed by atoms with van der Waals surface area (Å²) in [5.74, 6) is 0. The van der Waals surface area contributed by atoms with Gasteiger partial charge >= 0.3 is 6.09 Å². The van der Waals surface area contributed by atoms with E-state index in [1.165, 1.54) is 7.11 Å². The number of alkyl carbamates (subject to hydrolysis) is 1. The van der Waals surface area contributed by atoms with Crippen molar-refractivity contribution in [3.05, 3.63) is 0 Å². The van der Waals surface area contributed by atoms with Crippen LogP contribution in [0.3, 0.4) is 0 Å². The van der Waals surface area contributed by atoms with E-state index in [-0.39, 0.29) is 6.73 Å². The standard InChI is InChI=1S/C7H15NO3/c1-7(2,3)11-6(9)8-5-10-4/h5H2,1-4H3,(H,8,9). The zero-order chi connectivity index (χ0) is 8.91. The van der Waals surface area contributed by atoms with Gasteiger partial charge in [-0.3, -0.25) is 5.32 Å². The lowest BCUT2D eigenvalue weighted by atomic mass is 10.2. The monoisotopic (exact) mass is 161 g/mol. The predicted octanol–water partition coefficient (Wildman–Crippen LogP) is 1.11. The quantitative estimate of drug-likeness (QED) is 0.617. The third-order valence-corrected chi connectivity index (χ3v) is 0.760. The second-order valence-corrected chi connectivity index (χ2v) is 3.11. The molecule has 0 unspecified atom stereocenters. The number of hydrogen-bond donors (Lipinski definition) is 1. The molecule has 1 amide bonds. The van der Waals surface area contributed by atoms with Gasteiger partial charge in [-0.1, -0.05) is 0 Å². The highest BCUT2D eigenvalue weighted by Gasteiger charge is 2.14. The molecule has 0 saturated carbocycles. The summed E-state index contributed by atoms with van der Waals surface area (Å²) in [4.78, 5) is 10.8. The number of amides is 1. The highest BCUT2D eigenvalue weighted by atomic mass is 16.6. The normalized spacial score (nSPS) is 10.9. The van der Waals surface area contributed by atoms with Gasteiger partial charge in [0.15, 0.2) is 0 Å². The highest BCUT2D eigenvalue weighted by molar-refractivity contribution is 5.67. The van der Waals surface area contributed by atoms with Crippen LogP contribution in [0.1, 0.15) is 20.8 Å². The average molecular weight is 161 g/mol. The average Bonchev–Trinajstić information content (AvgIpc) is 1.79. The van der Waals surface area contributed by atoms with Gasteiger partial charge < -0.3 is 9.47 Å². The molecule has 0 aromatic carbocycles. The van der Waals surface area contributed by atoms with Gasteiger partial charge in [0.1, 0.15) is 12.3 Å². The molecule has 0 atom stereocenters. The van der Waals surface area contributed by atoms with E-state index < -0.39 is 11.7 Å². The maximum Gasteiger partial charge on any atom is 0.409 e. The minimum atomic E-state index is -0.459. The van der Waals surface area contributed by atoms with Crippen molar-refractivity contribution in [2.75, 3.05) is 13.8 Å². The van der Waals surface area contributed by atoms with Gasteiger partial charge in [-0.15, -0.1) is 0 Å². The summed E-state index contributed by atoms with van der Waals surface area (Å²) in [7, 11) is 1.50. The number of ether oxygens (including phenoxy) is 2. The molecule has 1 N–H and O–H groups in total. The Kier molecular flexibility index (Phi) is 3.89. The Labute approximate surface area is 66.9 Å². The molecule has 0 heterocycles. The van der Waals surface area contributed by atoms with E-state index in [9.17, 15) is 4.79 Å². The number of rotatable bonds is 2. The third-order valence-electron chi connectivity index (χ3n) is 0.760. The van der Waals surface area contributed by atoms with Crippen molar-refractivity contribution in [2.45, 2.75) is 26.4 Å². The van der Waals surface area contributed by atoms with Crippen LogP contribution in [0.25, 0.3) is 0 Å². The smallest absolute Gasteiger partial charge is 0.409 e. The molecule has 4 heteroatoms. The first-order valence-electron chi connectivity index (χ1n) is 3.41. The Morgan fingerprint density at radius 1 is 1.45 bits per heavy atom. The lowest BCUT2D eigenvalue weighted by Crippen LogP contribution is -2.33. The molecule has 66 valence electrons. The van der Waals surface area contributed by atoms with E-state index in [0.717, 1.165) is 0 Å². The summed E-state index contributed by atoms with van der Waals surface area (Å²) in [6.07, 6.45) is -0.459. The highest BCUT2D eigenvalue weighted by Crippen LogP contribution is 2.05. The first-order valence-corrected chi connectivity index (χ1v) is 3.41. The van der Waals surface area contributed by atoms with E-state index in [1.807, 2.05) is 0 Å². The Balaban J connectivity index is 3.53. The number of carbonyl (C=O) groups is 1.